The molecule has 1 heterocycles. The van der Waals surface area contributed by atoms with Crippen LogP contribution in [0.25, 0.3) is 0 Å². The van der Waals surface area contributed by atoms with Crippen molar-refractivity contribution in [3.63, 3.8) is 0 Å². The van der Waals surface area contributed by atoms with Crippen LogP contribution < -0.4 is 5.73 Å². The Balaban J connectivity index is 2.76. The van der Waals surface area contributed by atoms with Gasteiger partial charge in [-0.15, -0.1) is 0 Å². The summed E-state index contributed by atoms with van der Waals surface area (Å²) in [5, 5.41) is 4.23. The lowest BCUT2D eigenvalue weighted by molar-refractivity contribution is 0.320. The first-order valence-corrected chi connectivity index (χ1v) is 4.47. The molecule has 0 saturated carbocycles. The summed E-state index contributed by atoms with van der Waals surface area (Å²) >= 11 is 0. The Hall–Kier alpha value is -1.03. The van der Waals surface area contributed by atoms with Crippen LogP contribution in [0.15, 0.2) is 6.07 Å². The predicted octanol–water partition coefficient (Wildman–Crippen LogP) is 0.896. The van der Waals surface area contributed by atoms with Crippen LogP contribution in [0.1, 0.15) is 18.7 Å². The fourth-order valence-corrected chi connectivity index (χ4v) is 1.56. The Bertz CT molecular complexity index is 277. The van der Waals surface area contributed by atoms with Crippen molar-refractivity contribution >= 4 is 5.82 Å². The monoisotopic (exact) mass is 182 g/mol. The van der Waals surface area contributed by atoms with E-state index in [2.05, 4.69) is 31.0 Å². The van der Waals surface area contributed by atoms with Crippen molar-refractivity contribution in [1.82, 2.24) is 14.7 Å². The van der Waals surface area contributed by atoms with E-state index in [4.69, 9.17) is 5.73 Å². The van der Waals surface area contributed by atoms with Gasteiger partial charge in [0.2, 0.25) is 0 Å². The molecule has 4 nitrogen and oxygen atoms in total. The molecule has 0 aliphatic rings. The molecule has 0 spiro atoms. The molecule has 0 radical (unpaired) electrons. The third-order valence-electron chi connectivity index (χ3n) is 1.99. The molecule has 1 rings (SSSR count). The third-order valence-corrected chi connectivity index (χ3v) is 1.99. The van der Waals surface area contributed by atoms with Crippen molar-refractivity contribution in [2.24, 2.45) is 0 Å². The molecule has 0 aliphatic carbocycles. The van der Waals surface area contributed by atoms with Crippen molar-refractivity contribution in [3.05, 3.63) is 11.8 Å². The lowest BCUT2D eigenvalue weighted by Gasteiger charge is -2.18. The largest absolute Gasteiger partial charge is 0.382 e. The number of nitrogens with zero attached hydrogens (tertiary/aromatic N) is 3. The number of anilines is 1. The third kappa shape index (κ3) is 2.45. The number of nitrogens with two attached hydrogens (primary N) is 1. The van der Waals surface area contributed by atoms with Gasteiger partial charge in [0.05, 0.1) is 6.04 Å². The summed E-state index contributed by atoms with van der Waals surface area (Å²) in [6.45, 7) is 5.14. The molecular weight excluding hydrogens is 164 g/mol. The molecule has 0 amide bonds. The Morgan fingerprint density at radius 1 is 1.62 bits per heavy atom. The predicted molar refractivity (Wildman–Crippen MR) is 54.6 cm³/mol. The minimum atomic E-state index is 0.368. The first kappa shape index (κ1) is 10.1. The quantitative estimate of drug-likeness (QED) is 0.755. The molecule has 4 heteroatoms. The second-order valence-corrected chi connectivity index (χ2v) is 3.77. The molecule has 0 saturated heterocycles. The normalized spacial score (nSPS) is 13.6. The lowest BCUT2D eigenvalue weighted by atomic mass is 10.3. The molecule has 0 aliphatic heterocycles. The van der Waals surface area contributed by atoms with Crippen molar-refractivity contribution < 1.29 is 0 Å². The summed E-state index contributed by atoms with van der Waals surface area (Å²) in [5.41, 5.74) is 6.72. The van der Waals surface area contributed by atoms with Crippen molar-refractivity contribution in [2.75, 3.05) is 26.4 Å². The topological polar surface area (TPSA) is 47.1 Å². The highest BCUT2D eigenvalue weighted by Crippen LogP contribution is 2.12. The summed E-state index contributed by atoms with van der Waals surface area (Å²) in [6.07, 6.45) is 0. The maximum Gasteiger partial charge on any atom is 0.145 e. The van der Waals surface area contributed by atoms with Crippen LogP contribution >= 0.6 is 0 Å². The van der Waals surface area contributed by atoms with E-state index in [1.165, 1.54) is 0 Å². The van der Waals surface area contributed by atoms with E-state index in [0.717, 1.165) is 12.2 Å². The fourth-order valence-electron chi connectivity index (χ4n) is 1.56. The number of rotatable bonds is 3. The zero-order chi connectivity index (χ0) is 10.0. The zero-order valence-electron chi connectivity index (χ0n) is 8.78. The van der Waals surface area contributed by atoms with E-state index in [1.54, 1.807) is 0 Å². The highest BCUT2D eigenvalue weighted by molar-refractivity contribution is 5.29. The van der Waals surface area contributed by atoms with E-state index in [9.17, 15) is 0 Å². The first-order valence-electron chi connectivity index (χ1n) is 4.47. The average Bonchev–Trinajstić information content (AvgIpc) is 2.28. The zero-order valence-corrected chi connectivity index (χ0v) is 8.78. The summed E-state index contributed by atoms with van der Waals surface area (Å²) < 4.78 is 1.97. The fraction of sp³-hybridized carbons (Fsp3) is 0.667. The Morgan fingerprint density at radius 3 is 2.62 bits per heavy atom. The molecular formula is C9H18N4. The Labute approximate surface area is 79.3 Å². The highest BCUT2D eigenvalue weighted by atomic mass is 15.3. The van der Waals surface area contributed by atoms with E-state index in [-0.39, 0.29) is 0 Å². The van der Waals surface area contributed by atoms with Gasteiger partial charge in [-0.3, -0.25) is 4.68 Å². The minimum absolute atomic E-state index is 0.368. The van der Waals surface area contributed by atoms with Gasteiger partial charge in [0, 0.05) is 18.3 Å². The number of aromatic nitrogens is 2. The van der Waals surface area contributed by atoms with Crippen LogP contribution in [0.5, 0.6) is 0 Å². The molecule has 1 atom stereocenters. The summed E-state index contributed by atoms with van der Waals surface area (Å²) in [7, 11) is 4.11. The van der Waals surface area contributed by atoms with Gasteiger partial charge in [-0.2, -0.15) is 5.10 Å². The molecule has 13 heavy (non-hydrogen) atoms. The number of aryl methyl sites for hydroxylation is 1. The second-order valence-electron chi connectivity index (χ2n) is 3.77. The number of likely N-dealkylation sites (N-methyl/N-ethyl adjacent to an activating group) is 1. The van der Waals surface area contributed by atoms with Crippen molar-refractivity contribution in [1.29, 1.82) is 0 Å². The maximum atomic E-state index is 5.60. The SMILES string of the molecule is Cc1cc(N)nn1C(C)CN(C)C. The molecule has 0 bridgehead atoms. The molecule has 1 aromatic heterocycles. The van der Waals surface area contributed by atoms with Gasteiger partial charge in [-0.05, 0) is 27.9 Å². The van der Waals surface area contributed by atoms with Gasteiger partial charge in [0.25, 0.3) is 0 Å². The maximum absolute atomic E-state index is 5.60. The minimum Gasteiger partial charge on any atom is -0.382 e. The number of nitrogen functional groups attached to an aromatic ring is 1. The summed E-state index contributed by atoms with van der Waals surface area (Å²) in [4.78, 5) is 2.14. The van der Waals surface area contributed by atoms with Crippen LogP contribution in [0, 0.1) is 6.92 Å². The van der Waals surface area contributed by atoms with Crippen molar-refractivity contribution in [2.45, 2.75) is 19.9 Å². The Kier molecular flexibility index (Phi) is 2.93. The standard InChI is InChI=1S/C9H18N4/c1-7-5-9(10)11-13(7)8(2)6-12(3)4/h5,8H,6H2,1-4H3,(H2,10,11). The summed E-state index contributed by atoms with van der Waals surface area (Å²) in [6, 6.07) is 2.26. The molecule has 2 N–H and O–H groups in total. The van der Waals surface area contributed by atoms with Crippen LogP contribution in [0.4, 0.5) is 5.82 Å². The van der Waals surface area contributed by atoms with Crippen LogP contribution in [-0.2, 0) is 0 Å². The van der Waals surface area contributed by atoms with Crippen LogP contribution in [-0.4, -0.2) is 35.3 Å². The van der Waals surface area contributed by atoms with E-state index >= 15 is 0 Å². The molecule has 1 aromatic rings. The molecule has 1 unspecified atom stereocenters. The number of hydrogen-bond donors (Lipinski definition) is 1. The second kappa shape index (κ2) is 3.79. The van der Waals surface area contributed by atoms with Gasteiger partial charge in [0.15, 0.2) is 0 Å². The van der Waals surface area contributed by atoms with Gasteiger partial charge in [-0.25, -0.2) is 0 Å². The van der Waals surface area contributed by atoms with E-state index in [0.29, 0.717) is 11.9 Å². The Morgan fingerprint density at radius 2 is 2.23 bits per heavy atom. The van der Waals surface area contributed by atoms with Crippen molar-refractivity contribution in [3.8, 4) is 0 Å². The van der Waals surface area contributed by atoms with E-state index in [1.807, 2.05) is 17.7 Å². The highest BCUT2D eigenvalue weighted by Gasteiger charge is 2.09. The molecule has 0 fully saturated rings. The molecule has 0 aromatic carbocycles. The first-order chi connectivity index (χ1) is 6.00. The smallest absolute Gasteiger partial charge is 0.145 e. The van der Waals surface area contributed by atoms with Gasteiger partial charge in [0.1, 0.15) is 5.82 Å². The lowest BCUT2D eigenvalue weighted by Crippen LogP contribution is -2.23. The average molecular weight is 182 g/mol. The van der Waals surface area contributed by atoms with Gasteiger partial charge in [-0.1, -0.05) is 0 Å². The van der Waals surface area contributed by atoms with Gasteiger partial charge >= 0.3 is 0 Å². The van der Waals surface area contributed by atoms with Crippen LogP contribution in [0.3, 0.4) is 0 Å². The number of hydrogen-bond acceptors (Lipinski definition) is 3. The summed E-state index contributed by atoms with van der Waals surface area (Å²) in [5.74, 6) is 0.600. The van der Waals surface area contributed by atoms with Crippen LogP contribution in [0.2, 0.25) is 0 Å². The van der Waals surface area contributed by atoms with Gasteiger partial charge < -0.3 is 10.6 Å². The van der Waals surface area contributed by atoms with E-state index < -0.39 is 0 Å². The molecule has 74 valence electrons.